The fourth-order valence-electron chi connectivity index (χ4n) is 0.682. The summed E-state index contributed by atoms with van der Waals surface area (Å²) >= 11 is 0. The van der Waals surface area contributed by atoms with Crippen molar-refractivity contribution >= 4 is 5.78 Å². The van der Waals surface area contributed by atoms with Crippen molar-refractivity contribution in [2.24, 2.45) is 0 Å². The first-order chi connectivity index (χ1) is 5.49. The number of carbonyl (C=O) groups excluding carboxylic acids is 1. The summed E-state index contributed by atoms with van der Waals surface area (Å²) < 4.78 is 25.2. The van der Waals surface area contributed by atoms with E-state index in [9.17, 15) is 13.6 Å². The van der Waals surface area contributed by atoms with Crippen LogP contribution < -0.4 is 0 Å². The molecular weight excluding hydrogens is 162 g/mol. The Morgan fingerprint density at radius 1 is 1.50 bits per heavy atom. The van der Waals surface area contributed by atoms with Crippen LogP contribution in [0, 0.1) is 0 Å². The summed E-state index contributed by atoms with van der Waals surface area (Å²) in [5.41, 5.74) is -0.322. The number of rotatable bonds is 4. The SMILES string of the molecule is C=C/C(F)=C(/CC(C)=O)C(=C)F. The van der Waals surface area contributed by atoms with Gasteiger partial charge in [-0.25, -0.2) is 8.78 Å². The van der Waals surface area contributed by atoms with Gasteiger partial charge in [0.1, 0.15) is 17.4 Å². The van der Waals surface area contributed by atoms with Crippen LogP contribution >= 0.6 is 0 Å². The van der Waals surface area contributed by atoms with Crippen LogP contribution in [-0.2, 0) is 4.79 Å². The summed E-state index contributed by atoms with van der Waals surface area (Å²) in [4.78, 5) is 10.5. The molecule has 3 heteroatoms. The predicted molar refractivity (Wildman–Crippen MR) is 43.9 cm³/mol. The predicted octanol–water partition coefficient (Wildman–Crippen LogP) is 2.86. The lowest BCUT2D eigenvalue weighted by molar-refractivity contribution is -0.116. The van der Waals surface area contributed by atoms with E-state index in [1.54, 1.807) is 0 Å². The van der Waals surface area contributed by atoms with E-state index in [2.05, 4.69) is 13.2 Å². The Bertz CT molecular complexity index is 251. The normalized spacial score (nSPS) is 11.9. The molecule has 0 amide bonds. The van der Waals surface area contributed by atoms with Gasteiger partial charge in [-0.05, 0) is 13.0 Å². The molecule has 0 aliphatic rings. The van der Waals surface area contributed by atoms with Gasteiger partial charge in [-0.15, -0.1) is 0 Å². The molecule has 0 heterocycles. The molecule has 0 aromatic rings. The maximum Gasteiger partial charge on any atom is 0.134 e. The Balaban J connectivity index is 4.78. The van der Waals surface area contributed by atoms with E-state index in [4.69, 9.17) is 0 Å². The van der Waals surface area contributed by atoms with Crippen molar-refractivity contribution in [1.82, 2.24) is 0 Å². The van der Waals surface area contributed by atoms with Crippen LogP contribution in [0.1, 0.15) is 13.3 Å². The molecule has 0 aromatic carbocycles. The third-order valence-electron chi connectivity index (χ3n) is 1.22. The summed E-state index contributed by atoms with van der Waals surface area (Å²) in [7, 11) is 0. The molecule has 0 radical (unpaired) electrons. The highest BCUT2D eigenvalue weighted by Gasteiger charge is 2.10. The van der Waals surface area contributed by atoms with Crippen LogP contribution in [0.15, 0.2) is 36.5 Å². The Morgan fingerprint density at radius 3 is 2.25 bits per heavy atom. The Hall–Kier alpha value is -1.25. The Labute approximate surface area is 70.1 Å². The zero-order valence-electron chi connectivity index (χ0n) is 6.86. The van der Waals surface area contributed by atoms with Gasteiger partial charge in [0.2, 0.25) is 0 Å². The van der Waals surface area contributed by atoms with Crippen LogP contribution in [-0.4, -0.2) is 5.78 Å². The summed E-state index contributed by atoms with van der Waals surface area (Å²) in [5.74, 6) is -2.08. The van der Waals surface area contributed by atoms with Gasteiger partial charge in [0.05, 0.1) is 0 Å². The van der Waals surface area contributed by atoms with Crippen LogP contribution in [0.3, 0.4) is 0 Å². The maximum absolute atomic E-state index is 12.7. The molecule has 0 rings (SSSR count). The zero-order valence-corrected chi connectivity index (χ0v) is 6.86. The minimum Gasteiger partial charge on any atom is -0.300 e. The molecule has 0 aliphatic heterocycles. The summed E-state index contributed by atoms with van der Waals surface area (Å²) in [6, 6.07) is 0. The fraction of sp³-hybridized carbons (Fsp3) is 0.222. The van der Waals surface area contributed by atoms with E-state index >= 15 is 0 Å². The van der Waals surface area contributed by atoms with Gasteiger partial charge in [-0.2, -0.15) is 0 Å². The smallest absolute Gasteiger partial charge is 0.134 e. The highest BCUT2D eigenvalue weighted by atomic mass is 19.1. The van der Waals surface area contributed by atoms with E-state index in [0.717, 1.165) is 6.08 Å². The number of carbonyl (C=O) groups is 1. The molecule has 0 spiro atoms. The highest BCUT2D eigenvalue weighted by molar-refractivity contribution is 5.79. The number of hydrogen-bond acceptors (Lipinski definition) is 1. The average Bonchev–Trinajstić information content (AvgIpc) is 1.98. The van der Waals surface area contributed by atoms with Gasteiger partial charge in [-0.1, -0.05) is 13.2 Å². The first-order valence-corrected chi connectivity index (χ1v) is 3.34. The third-order valence-corrected chi connectivity index (χ3v) is 1.22. The van der Waals surface area contributed by atoms with Crippen molar-refractivity contribution in [2.75, 3.05) is 0 Å². The number of ketones is 1. The second-order valence-corrected chi connectivity index (χ2v) is 2.31. The summed E-state index contributed by atoms with van der Waals surface area (Å²) in [6.45, 7) is 7.28. The molecule has 0 atom stereocenters. The third kappa shape index (κ3) is 3.23. The average molecular weight is 172 g/mol. The van der Waals surface area contributed by atoms with Crippen molar-refractivity contribution < 1.29 is 13.6 Å². The first-order valence-electron chi connectivity index (χ1n) is 3.34. The first kappa shape index (κ1) is 10.8. The molecule has 66 valence electrons. The lowest BCUT2D eigenvalue weighted by Crippen LogP contribution is -1.95. The molecule has 1 nitrogen and oxygen atoms in total. The molecule has 0 fully saturated rings. The van der Waals surface area contributed by atoms with Gasteiger partial charge >= 0.3 is 0 Å². The molecule has 12 heavy (non-hydrogen) atoms. The summed E-state index contributed by atoms with van der Waals surface area (Å²) in [5, 5.41) is 0. The van der Waals surface area contributed by atoms with Crippen molar-refractivity contribution in [3.05, 3.63) is 36.5 Å². The Morgan fingerprint density at radius 2 is 2.00 bits per heavy atom. The molecule has 0 saturated carbocycles. The van der Waals surface area contributed by atoms with Crippen LogP contribution in [0.25, 0.3) is 0 Å². The number of hydrogen-bond donors (Lipinski definition) is 0. The zero-order chi connectivity index (χ0) is 9.72. The minimum absolute atomic E-state index is 0.285. The molecule has 0 bridgehead atoms. The number of allylic oxidation sites excluding steroid dienone is 4. The van der Waals surface area contributed by atoms with Crippen molar-refractivity contribution in [2.45, 2.75) is 13.3 Å². The molecule has 0 N–H and O–H groups in total. The van der Waals surface area contributed by atoms with Gasteiger partial charge in [0, 0.05) is 12.0 Å². The summed E-state index contributed by atoms with van der Waals surface area (Å²) in [6.07, 6.45) is 0.566. The largest absolute Gasteiger partial charge is 0.300 e. The van der Waals surface area contributed by atoms with Crippen molar-refractivity contribution in [3.8, 4) is 0 Å². The van der Waals surface area contributed by atoms with Gasteiger partial charge in [0.25, 0.3) is 0 Å². The van der Waals surface area contributed by atoms with Crippen molar-refractivity contribution in [3.63, 3.8) is 0 Å². The maximum atomic E-state index is 12.7. The van der Waals surface area contributed by atoms with Crippen LogP contribution in [0.5, 0.6) is 0 Å². The quantitative estimate of drug-likeness (QED) is 0.596. The molecule has 0 aromatic heterocycles. The van der Waals surface area contributed by atoms with E-state index < -0.39 is 11.7 Å². The Kier molecular flexibility index (Phi) is 4.11. The number of Topliss-reactive ketones (excluding diaryl/α,β-unsaturated/α-hetero) is 1. The molecule has 0 unspecified atom stereocenters. The molecule has 0 aliphatic carbocycles. The second kappa shape index (κ2) is 4.59. The monoisotopic (exact) mass is 172 g/mol. The highest BCUT2D eigenvalue weighted by Crippen LogP contribution is 2.20. The van der Waals surface area contributed by atoms with Crippen molar-refractivity contribution in [1.29, 1.82) is 0 Å². The fourth-order valence-corrected chi connectivity index (χ4v) is 0.682. The van der Waals surface area contributed by atoms with E-state index in [1.807, 2.05) is 0 Å². The van der Waals surface area contributed by atoms with Crippen LogP contribution in [0.4, 0.5) is 8.78 Å². The topological polar surface area (TPSA) is 17.1 Å². The number of halogens is 2. The van der Waals surface area contributed by atoms with Gasteiger partial charge in [-0.3, -0.25) is 4.79 Å². The van der Waals surface area contributed by atoms with E-state index in [0.29, 0.717) is 0 Å². The van der Waals surface area contributed by atoms with E-state index in [1.165, 1.54) is 6.92 Å². The van der Waals surface area contributed by atoms with Crippen LogP contribution in [0.2, 0.25) is 0 Å². The lowest BCUT2D eigenvalue weighted by atomic mass is 10.1. The molecular formula is C9H10F2O. The molecule has 0 saturated heterocycles. The van der Waals surface area contributed by atoms with Gasteiger partial charge in [0.15, 0.2) is 0 Å². The lowest BCUT2D eigenvalue weighted by Gasteiger charge is -2.00. The van der Waals surface area contributed by atoms with Gasteiger partial charge < -0.3 is 0 Å². The second-order valence-electron chi connectivity index (χ2n) is 2.31. The minimum atomic E-state index is -0.928. The standard InChI is InChI=1S/C9H10F2O/c1-4-9(11)8(7(3)10)5-6(2)12/h4H,1,3,5H2,2H3/b9-8+. The van der Waals surface area contributed by atoms with E-state index in [-0.39, 0.29) is 17.8 Å².